The predicted molar refractivity (Wildman–Crippen MR) is 215 cm³/mol. The Morgan fingerprint density at radius 1 is 0.636 bits per heavy atom. The highest BCUT2D eigenvalue weighted by Gasteiger charge is 2.51. The molecule has 0 aliphatic heterocycles. The molecule has 8 unspecified atom stereocenters. The fourth-order valence-electron chi connectivity index (χ4n) is 6.19. The smallest absolute Gasteiger partial charge is 0.389 e. The second-order valence-corrected chi connectivity index (χ2v) is 16.1. The third-order valence-electron chi connectivity index (χ3n) is 9.64. The second kappa shape index (κ2) is 31.3. The van der Waals surface area contributed by atoms with Gasteiger partial charge >= 0.3 is 7.82 Å². The molecule has 1 aliphatic carbocycles. The number of unbranched alkanes of at least 4 members (excludes halogenated alkanes) is 15. The van der Waals surface area contributed by atoms with E-state index in [1.54, 1.807) is 12.2 Å². The largest absolute Gasteiger partial charge is 0.472 e. The van der Waals surface area contributed by atoms with Gasteiger partial charge < -0.3 is 46.0 Å². The molecule has 0 radical (unpaired) electrons. The van der Waals surface area contributed by atoms with E-state index in [1.165, 1.54) is 89.2 Å². The maximum Gasteiger partial charge on any atom is 0.472 e. The first kappa shape index (κ1) is 51.3. The highest BCUT2D eigenvalue weighted by atomic mass is 31.2. The van der Waals surface area contributed by atoms with E-state index in [1.807, 2.05) is 6.08 Å². The minimum Gasteiger partial charge on any atom is -0.389 e. The summed E-state index contributed by atoms with van der Waals surface area (Å²) in [5.74, 6) is -0.673. The first-order chi connectivity index (χ1) is 26.3. The lowest BCUT2D eigenvalue weighted by atomic mass is 9.85. The summed E-state index contributed by atoms with van der Waals surface area (Å²) >= 11 is 0. The molecule has 0 saturated heterocycles. The Kier molecular flexibility index (Phi) is 29.2. The molecule has 1 rings (SSSR count). The molecule has 1 saturated carbocycles. The maximum atomic E-state index is 12.9. The number of phosphoric acid groups is 1. The van der Waals surface area contributed by atoms with Gasteiger partial charge in [-0.15, -0.1) is 0 Å². The van der Waals surface area contributed by atoms with Crippen LogP contribution in [0.15, 0.2) is 48.6 Å². The van der Waals surface area contributed by atoms with Crippen LogP contribution in [-0.4, -0.2) is 108 Å². The highest BCUT2D eigenvalue weighted by Crippen LogP contribution is 2.47. The number of phosphoric ester groups is 1. The summed E-state index contributed by atoms with van der Waals surface area (Å²) < 4.78 is 22.7. The number of rotatable bonds is 32. The molecule has 1 fully saturated rings. The second-order valence-electron chi connectivity index (χ2n) is 14.7. The van der Waals surface area contributed by atoms with Crippen LogP contribution in [0.4, 0.5) is 0 Å². The molecule has 0 heterocycles. The first-order valence-electron chi connectivity index (χ1n) is 20.7. The van der Waals surface area contributed by atoms with Crippen molar-refractivity contribution in [3.05, 3.63) is 48.6 Å². The highest BCUT2D eigenvalue weighted by molar-refractivity contribution is 7.47. The van der Waals surface area contributed by atoms with Crippen LogP contribution in [0.5, 0.6) is 0 Å². The molecule has 0 aromatic rings. The van der Waals surface area contributed by atoms with Crippen LogP contribution in [0.2, 0.25) is 0 Å². The van der Waals surface area contributed by atoms with Gasteiger partial charge in [0.1, 0.15) is 36.6 Å². The van der Waals surface area contributed by atoms with Gasteiger partial charge in [-0.2, -0.15) is 0 Å². The SMILES string of the molecule is CCCCCCCC/C=C\C/C=C\C(O)CC(=O)NC(COP(=O)(O)OC1C(O)C(O)C(O)C(O)C1O)C(O)/C=C/CC/C=C/CCCCCCCCCC. The lowest BCUT2D eigenvalue weighted by Crippen LogP contribution is -2.64. The third kappa shape index (κ3) is 23.9. The standard InChI is InChI=1S/C41H74NO12P/c1-3-5-7-9-11-13-15-16-17-19-21-23-25-27-29-34(44)33(31-53-55(51,52)54-41-39(49)37(47)36(46)38(48)40(41)50)42-35(45)30-32(43)28-26-24-22-20-18-14-12-10-8-6-4-2/h19-22,26-29,32-34,36-41,43-44,46-50H,3-18,23-25,30-31H2,1-2H3,(H,42,45)(H,51,52)/b21-19+,22-20-,28-26-,29-27+. The summed E-state index contributed by atoms with van der Waals surface area (Å²) in [4.78, 5) is 23.3. The quantitative estimate of drug-likeness (QED) is 0.0231. The number of hydrogen-bond donors (Lipinski definition) is 9. The molecular weight excluding hydrogens is 729 g/mol. The van der Waals surface area contributed by atoms with Crippen molar-refractivity contribution in [1.82, 2.24) is 5.32 Å². The van der Waals surface area contributed by atoms with Gasteiger partial charge in [0.25, 0.3) is 0 Å². The van der Waals surface area contributed by atoms with Gasteiger partial charge in [0.15, 0.2) is 0 Å². The van der Waals surface area contributed by atoms with Gasteiger partial charge in [-0.25, -0.2) is 4.57 Å². The number of aliphatic hydroxyl groups excluding tert-OH is 7. The Morgan fingerprint density at radius 2 is 1.11 bits per heavy atom. The maximum absolute atomic E-state index is 12.9. The molecule has 55 heavy (non-hydrogen) atoms. The van der Waals surface area contributed by atoms with Crippen LogP contribution in [0, 0.1) is 0 Å². The van der Waals surface area contributed by atoms with Crippen LogP contribution in [0.1, 0.15) is 142 Å². The van der Waals surface area contributed by atoms with E-state index in [4.69, 9.17) is 9.05 Å². The van der Waals surface area contributed by atoms with Crippen LogP contribution in [0.25, 0.3) is 0 Å². The van der Waals surface area contributed by atoms with Gasteiger partial charge in [-0.1, -0.05) is 140 Å². The molecule has 0 spiro atoms. The lowest BCUT2D eigenvalue weighted by molar-refractivity contribution is -0.220. The predicted octanol–water partition coefficient (Wildman–Crippen LogP) is 5.58. The molecule has 1 amide bonds. The van der Waals surface area contributed by atoms with Crippen molar-refractivity contribution >= 4 is 13.7 Å². The summed E-state index contributed by atoms with van der Waals surface area (Å²) in [6, 6.07) is -1.29. The van der Waals surface area contributed by atoms with E-state index in [0.29, 0.717) is 12.8 Å². The summed E-state index contributed by atoms with van der Waals surface area (Å²) in [5.41, 5.74) is 0. The van der Waals surface area contributed by atoms with Gasteiger partial charge in [0, 0.05) is 0 Å². The first-order valence-corrected chi connectivity index (χ1v) is 22.2. The van der Waals surface area contributed by atoms with Crippen molar-refractivity contribution in [3.63, 3.8) is 0 Å². The van der Waals surface area contributed by atoms with E-state index in [2.05, 4.69) is 37.4 Å². The van der Waals surface area contributed by atoms with Gasteiger partial charge in [-0.05, 0) is 44.9 Å². The van der Waals surface area contributed by atoms with Crippen molar-refractivity contribution in [2.24, 2.45) is 0 Å². The Morgan fingerprint density at radius 3 is 1.67 bits per heavy atom. The Bertz CT molecular complexity index is 1130. The molecule has 9 N–H and O–H groups in total. The number of amides is 1. The molecule has 14 heteroatoms. The van der Waals surface area contributed by atoms with Crippen molar-refractivity contribution in [3.8, 4) is 0 Å². The summed E-state index contributed by atoms with van der Waals surface area (Å²) in [6.07, 6.45) is 21.0. The number of nitrogens with one attached hydrogen (secondary N) is 1. The zero-order valence-corrected chi connectivity index (χ0v) is 34.2. The van der Waals surface area contributed by atoms with Crippen molar-refractivity contribution in [1.29, 1.82) is 0 Å². The molecule has 8 atom stereocenters. The molecule has 0 bridgehead atoms. The van der Waals surface area contributed by atoms with Crippen LogP contribution < -0.4 is 5.32 Å². The minimum absolute atomic E-state index is 0.361. The molecule has 0 aromatic carbocycles. The van der Waals surface area contributed by atoms with E-state index in [9.17, 15) is 50.0 Å². The van der Waals surface area contributed by atoms with Crippen molar-refractivity contribution < 1.29 is 59.0 Å². The van der Waals surface area contributed by atoms with Gasteiger partial charge in [0.05, 0.1) is 31.3 Å². The minimum atomic E-state index is -5.16. The normalized spacial score (nSPS) is 24.9. The Labute approximate surface area is 329 Å². The topological polar surface area (TPSA) is 226 Å². The Balaban J connectivity index is 2.71. The zero-order valence-electron chi connectivity index (χ0n) is 33.3. The molecule has 0 aromatic heterocycles. The van der Waals surface area contributed by atoms with Crippen LogP contribution in [-0.2, 0) is 18.4 Å². The van der Waals surface area contributed by atoms with Crippen LogP contribution >= 0.6 is 7.82 Å². The van der Waals surface area contributed by atoms with Gasteiger partial charge in [0.2, 0.25) is 5.91 Å². The monoisotopic (exact) mass is 803 g/mol. The average molecular weight is 804 g/mol. The number of carbonyl (C=O) groups excluding carboxylic acids is 1. The molecule has 1 aliphatic rings. The fourth-order valence-corrected chi connectivity index (χ4v) is 7.16. The number of aliphatic hydroxyl groups is 7. The summed E-state index contributed by atoms with van der Waals surface area (Å²) in [5, 5.41) is 73.9. The summed E-state index contributed by atoms with van der Waals surface area (Å²) in [6.45, 7) is 3.64. The number of hydrogen-bond acceptors (Lipinski definition) is 11. The van der Waals surface area contributed by atoms with Crippen LogP contribution in [0.3, 0.4) is 0 Å². The molecular formula is C41H74NO12P. The van der Waals surface area contributed by atoms with E-state index in [0.717, 1.165) is 32.1 Å². The fraction of sp³-hybridized carbons (Fsp3) is 0.780. The van der Waals surface area contributed by atoms with Crippen molar-refractivity contribution in [2.75, 3.05) is 6.61 Å². The average Bonchev–Trinajstić information content (AvgIpc) is 3.15. The third-order valence-corrected chi connectivity index (χ3v) is 10.6. The number of allylic oxidation sites excluding steroid dienone is 6. The lowest BCUT2D eigenvalue weighted by Gasteiger charge is -2.41. The molecule has 13 nitrogen and oxygen atoms in total. The van der Waals surface area contributed by atoms with E-state index < -0.39 is 75.2 Å². The Hall–Kier alpha value is -1.74. The van der Waals surface area contributed by atoms with Crippen molar-refractivity contribution in [2.45, 2.75) is 197 Å². The zero-order chi connectivity index (χ0) is 40.9. The van der Waals surface area contributed by atoms with E-state index in [-0.39, 0.29) is 6.42 Å². The molecule has 320 valence electrons. The summed E-state index contributed by atoms with van der Waals surface area (Å²) in [7, 11) is -5.16. The van der Waals surface area contributed by atoms with E-state index >= 15 is 0 Å². The van der Waals surface area contributed by atoms with Gasteiger partial charge in [-0.3, -0.25) is 13.8 Å². The number of carbonyl (C=O) groups is 1.